The highest BCUT2D eigenvalue weighted by molar-refractivity contribution is 7.17. The van der Waals surface area contributed by atoms with Crippen molar-refractivity contribution in [3.63, 3.8) is 0 Å². The fourth-order valence-electron chi connectivity index (χ4n) is 3.16. The Balaban J connectivity index is 1.38. The van der Waals surface area contributed by atoms with Crippen molar-refractivity contribution < 1.29 is 9.53 Å². The van der Waals surface area contributed by atoms with Crippen LogP contribution < -0.4 is 10.6 Å². The summed E-state index contributed by atoms with van der Waals surface area (Å²) in [6, 6.07) is 5.72. The second-order valence-corrected chi connectivity index (χ2v) is 7.62. The Hall–Kier alpha value is -2.07. The van der Waals surface area contributed by atoms with Crippen molar-refractivity contribution in [3.8, 4) is 10.6 Å². The summed E-state index contributed by atoms with van der Waals surface area (Å²) in [4.78, 5) is 27.4. The molecule has 2 fully saturated rings. The van der Waals surface area contributed by atoms with E-state index in [1.165, 1.54) is 11.3 Å². The number of carbonyl (C=O) groups excluding carboxylic acids is 1. The molecule has 0 atom stereocenters. The summed E-state index contributed by atoms with van der Waals surface area (Å²) in [6.07, 6.45) is 1.76. The summed E-state index contributed by atoms with van der Waals surface area (Å²) in [7, 11) is 0. The number of anilines is 1. The standard InChI is InChI=1S/C18H24N6O2S/c25-17(24-9-11-26-12-10-24)16-2-1-15(27-16)14-3-4-20-18(22-14)21-6-8-23-7-5-19-13-23/h1-4,19H,5-13H2,(H,20,21,22). The lowest BCUT2D eigenvalue weighted by molar-refractivity contribution is 0.0306. The first-order valence-corrected chi connectivity index (χ1v) is 10.1. The van der Waals surface area contributed by atoms with Crippen LogP contribution in [-0.2, 0) is 4.74 Å². The highest BCUT2D eigenvalue weighted by Gasteiger charge is 2.20. The molecule has 0 spiro atoms. The number of hydrogen-bond donors (Lipinski definition) is 2. The summed E-state index contributed by atoms with van der Waals surface area (Å²) in [5.74, 6) is 0.690. The Morgan fingerprint density at radius 3 is 2.96 bits per heavy atom. The van der Waals surface area contributed by atoms with E-state index in [1.54, 1.807) is 6.20 Å². The van der Waals surface area contributed by atoms with Crippen molar-refractivity contribution in [2.45, 2.75) is 0 Å². The maximum Gasteiger partial charge on any atom is 0.264 e. The van der Waals surface area contributed by atoms with Gasteiger partial charge in [0.2, 0.25) is 5.95 Å². The minimum absolute atomic E-state index is 0.0705. The molecule has 0 unspecified atom stereocenters. The van der Waals surface area contributed by atoms with Crippen LogP contribution in [0.3, 0.4) is 0 Å². The van der Waals surface area contributed by atoms with E-state index in [4.69, 9.17) is 4.74 Å². The van der Waals surface area contributed by atoms with E-state index in [2.05, 4.69) is 25.5 Å². The molecule has 144 valence electrons. The fraction of sp³-hybridized carbons (Fsp3) is 0.500. The SMILES string of the molecule is O=C(c1ccc(-c2ccnc(NCCN3CCNC3)n2)s1)N1CCOCC1. The molecule has 0 radical (unpaired) electrons. The van der Waals surface area contributed by atoms with Crippen molar-refractivity contribution in [2.24, 2.45) is 0 Å². The van der Waals surface area contributed by atoms with Gasteiger partial charge in [0.05, 0.1) is 28.7 Å². The lowest BCUT2D eigenvalue weighted by atomic mass is 10.3. The summed E-state index contributed by atoms with van der Waals surface area (Å²) >= 11 is 1.47. The van der Waals surface area contributed by atoms with Gasteiger partial charge in [-0.05, 0) is 18.2 Å². The van der Waals surface area contributed by atoms with E-state index < -0.39 is 0 Å². The largest absolute Gasteiger partial charge is 0.378 e. The van der Waals surface area contributed by atoms with E-state index in [0.29, 0.717) is 32.3 Å². The molecule has 2 aliphatic rings. The van der Waals surface area contributed by atoms with Gasteiger partial charge in [-0.1, -0.05) is 0 Å². The number of rotatable bonds is 6. The third kappa shape index (κ3) is 4.62. The zero-order valence-corrected chi connectivity index (χ0v) is 16.0. The third-order valence-electron chi connectivity index (χ3n) is 4.67. The number of nitrogens with zero attached hydrogens (tertiary/aromatic N) is 4. The summed E-state index contributed by atoms with van der Waals surface area (Å²) in [6.45, 7) is 7.36. The molecule has 2 aliphatic heterocycles. The molecule has 4 heterocycles. The number of aromatic nitrogens is 2. The number of ether oxygens (including phenoxy) is 1. The van der Waals surface area contributed by atoms with Gasteiger partial charge >= 0.3 is 0 Å². The molecule has 27 heavy (non-hydrogen) atoms. The van der Waals surface area contributed by atoms with E-state index in [0.717, 1.165) is 48.3 Å². The first-order chi connectivity index (χ1) is 13.3. The normalized spacial score (nSPS) is 18.0. The number of nitrogens with one attached hydrogen (secondary N) is 2. The first kappa shape index (κ1) is 18.3. The minimum Gasteiger partial charge on any atom is -0.378 e. The summed E-state index contributed by atoms with van der Waals surface area (Å²) in [5, 5.41) is 6.60. The molecular weight excluding hydrogens is 364 g/mol. The first-order valence-electron chi connectivity index (χ1n) is 9.27. The molecule has 8 nitrogen and oxygen atoms in total. The summed E-state index contributed by atoms with van der Waals surface area (Å²) < 4.78 is 5.32. The number of morpholine rings is 1. The van der Waals surface area contributed by atoms with Crippen molar-refractivity contribution in [1.29, 1.82) is 0 Å². The van der Waals surface area contributed by atoms with Crippen molar-refractivity contribution >= 4 is 23.2 Å². The van der Waals surface area contributed by atoms with Gasteiger partial charge in [-0.2, -0.15) is 0 Å². The van der Waals surface area contributed by atoms with Crippen LogP contribution in [0.1, 0.15) is 9.67 Å². The molecule has 2 N–H and O–H groups in total. The van der Waals surface area contributed by atoms with Gasteiger partial charge in [-0.25, -0.2) is 9.97 Å². The Bertz CT molecular complexity index is 771. The second-order valence-electron chi connectivity index (χ2n) is 6.54. The zero-order chi connectivity index (χ0) is 18.5. The molecule has 2 saturated heterocycles. The molecule has 2 aromatic rings. The predicted octanol–water partition coefficient (Wildman–Crippen LogP) is 0.952. The Kier molecular flexibility index (Phi) is 5.93. The average Bonchev–Trinajstić information content (AvgIpc) is 3.41. The van der Waals surface area contributed by atoms with Crippen LogP contribution in [-0.4, -0.2) is 84.8 Å². The van der Waals surface area contributed by atoms with Crippen LogP contribution in [0.15, 0.2) is 24.4 Å². The van der Waals surface area contributed by atoms with Gasteiger partial charge in [0.15, 0.2) is 0 Å². The van der Waals surface area contributed by atoms with Gasteiger partial charge in [0, 0.05) is 52.1 Å². The Labute approximate surface area is 162 Å². The topological polar surface area (TPSA) is 82.6 Å². The minimum atomic E-state index is 0.0705. The smallest absolute Gasteiger partial charge is 0.264 e. The second kappa shape index (κ2) is 8.75. The summed E-state index contributed by atoms with van der Waals surface area (Å²) in [5.41, 5.74) is 0.835. The van der Waals surface area contributed by atoms with Crippen LogP contribution in [0, 0.1) is 0 Å². The zero-order valence-electron chi connectivity index (χ0n) is 15.2. The fourth-order valence-corrected chi connectivity index (χ4v) is 4.11. The quantitative estimate of drug-likeness (QED) is 0.762. The van der Waals surface area contributed by atoms with E-state index in [-0.39, 0.29) is 5.91 Å². The van der Waals surface area contributed by atoms with Crippen LogP contribution in [0.5, 0.6) is 0 Å². The number of thiophene rings is 1. The van der Waals surface area contributed by atoms with E-state index >= 15 is 0 Å². The van der Waals surface area contributed by atoms with Crippen molar-refractivity contribution in [2.75, 3.05) is 64.5 Å². The molecule has 0 aromatic carbocycles. The van der Waals surface area contributed by atoms with Gasteiger partial charge in [-0.15, -0.1) is 11.3 Å². The van der Waals surface area contributed by atoms with E-state index in [1.807, 2.05) is 23.1 Å². The van der Waals surface area contributed by atoms with Gasteiger partial charge < -0.3 is 20.3 Å². The molecule has 9 heteroatoms. The predicted molar refractivity (Wildman–Crippen MR) is 105 cm³/mol. The van der Waals surface area contributed by atoms with Crippen LogP contribution in [0.25, 0.3) is 10.6 Å². The van der Waals surface area contributed by atoms with Crippen LogP contribution >= 0.6 is 11.3 Å². The lowest BCUT2D eigenvalue weighted by Crippen LogP contribution is -2.40. The maximum atomic E-state index is 12.6. The Morgan fingerprint density at radius 1 is 1.26 bits per heavy atom. The number of carbonyl (C=O) groups is 1. The van der Waals surface area contributed by atoms with Crippen LogP contribution in [0.2, 0.25) is 0 Å². The van der Waals surface area contributed by atoms with Gasteiger partial charge in [0.25, 0.3) is 5.91 Å². The maximum absolute atomic E-state index is 12.6. The van der Waals surface area contributed by atoms with Crippen molar-refractivity contribution in [3.05, 3.63) is 29.3 Å². The monoisotopic (exact) mass is 388 g/mol. The number of amides is 1. The molecule has 0 saturated carbocycles. The van der Waals surface area contributed by atoms with Gasteiger partial charge in [0.1, 0.15) is 0 Å². The lowest BCUT2D eigenvalue weighted by Gasteiger charge is -2.26. The molecule has 1 amide bonds. The molecule has 0 bridgehead atoms. The van der Waals surface area contributed by atoms with Gasteiger partial charge in [-0.3, -0.25) is 9.69 Å². The highest BCUT2D eigenvalue weighted by atomic mass is 32.1. The molecule has 0 aliphatic carbocycles. The third-order valence-corrected chi connectivity index (χ3v) is 5.77. The number of hydrogen-bond acceptors (Lipinski definition) is 8. The molecular formula is C18H24N6O2S. The van der Waals surface area contributed by atoms with Crippen molar-refractivity contribution in [1.82, 2.24) is 25.1 Å². The Morgan fingerprint density at radius 2 is 2.15 bits per heavy atom. The van der Waals surface area contributed by atoms with E-state index in [9.17, 15) is 4.79 Å². The highest BCUT2D eigenvalue weighted by Crippen LogP contribution is 2.28. The molecule has 4 rings (SSSR count). The molecule has 2 aromatic heterocycles. The average molecular weight is 388 g/mol. The van der Waals surface area contributed by atoms with Crippen LogP contribution in [0.4, 0.5) is 5.95 Å².